The molecule has 1 aliphatic rings. The van der Waals surface area contributed by atoms with Crippen LogP contribution in [-0.4, -0.2) is 23.5 Å². The lowest BCUT2D eigenvalue weighted by molar-refractivity contribution is -0.120. The van der Waals surface area contributed by atoms with E-state index in [4.69, 9.17) is 10.5 Å². The lowest BCUT2D eigenvalue weighted by Crippen LogP contribution is -2.32. The first kappa shape index (κ1) is 13.8. The van der Waals surface area contributed by atoms with E-state index in [1.54, 1.807) is 12.3 Å². The molecular weight excluding hydrogens is 242 g/mol. The summed E-state index contributed by atoms with van der Waals surface area (Å²) in [6.07, 6.45) is 5.23. The number of anilines is 1. The van der Waals surface area contributed by atoms with Gasteiger partial charge in [0.05, 0.1) is 18.5 Å². The molecule has 1 amide bonds. The highest BCUT2D eigenvalue weighted by Gasteiger charge is 2.24. The van der Waals surface area contributed by atoms with Crippen molar-refractivity contribution in [2.45, 2.75) is 38.6 Å². The Morgan fingerprint density at radius 2 is 2.16 bits per heavy atom. The second kappa shape index (κ2) is 6.52. The number of ether oxygens (including phenoxy) is 1. The number of aromatic nitrogens is 1. The molecule has 0 aliphatic heterocycles. The Hall–Kier alpha value is -1.62. The van der Waals surface area contributed by atoms with Crippen molar-refractivity contribution >= 4 is 11.6 Å². The molecule has 1 fully saturated rings. The summed E-state index contributed by atoms with van der Waals surface area (Å²) >= 11 is 0. The van der Waals surface area contributed by atoms with Crippen LogP contribution in [0.25, 0.3) is 0 Å². The maximum atomic E-state index is 12.1. The van der Waals surface area contributed by atoms with Gasteiger partial charge < -0.3 is 15.8 Å². The molecule has 0 saturated heterocycles. The van der Waals surface area contributed by atoms with Gasteiger partial charge in [-0.3, -0.25) is 4.79 Å². The minimum Gasteiger partial charge on any atom is -0.478 e. The zero-order valence-corrected chi connectivity index (χ0v) is 11.3. The van der Waals surface area contributed by atoms with E-state index in [-0.39, 0.29) is 17.9 Å². The number of carbonyl (C=O) groups excluding carboxylic acids is 1. The summed E-state index contributed by atoms with van der Waals surface area (Å²) in [5.74, 6) is 0.716. The molecule has 1 aromatic heterocycles. The number of hydrogen-bond donors (Lipinski definition) is 2. The smallest absolute Gasteiger partial charge is 0.227 e. The van der Waals surface area contributed by atoms with Crippen LogP contribution in [0, 0.1) is 5.92 Å². The third-order valence-corrected chi connectivity index (χ3v) is 3.44. The number of pyridine rings is 1. The number of nitrogens with zero attached hydrogens (tertiary/aromatic N) is 1. The SMILES string of the molecule is CCOc1ccc(NC(=O)C2CCC(N)CC2)cn1. The van der Waals surface area contributed by atoms with Crippen LogP contribution in [0.2, 0.25) is 0 Å². The average molecular weight is 263 g/mol. The summed E-state index contributed by atoms with van der Waals surface area (Å²) in [4.78, 5) is 16.2. The van der Waals surface area contributed by atoms with E-state index >= 15 is 0 Å². The number of nitrogens with one attached hydrogen (secondary N) is 1. The highest BCUT2D eigenvalue weighted by Crippen LogP contribution is 2.24. The van der Waals surface area contributed by atoms with Gasteiger partial charge in [0.25, 0.3) is 0 Å². The Morgan fingerprint density at radius 1 is 1.42 bits per heavy atom. The van der Waals surface area contributed by atoms with Gasteiger partial charge in [0, 0.05) is 18.0 Å². The van der Waals surface area contributed by atoms with Crippen LogP contribution >= 0.6 is 0 Å². The number of carbonyl (C=O) groups is 1. The molecule has 0 spiro atoms. The van der Waals surface area contributed by atoms with Crippen molar-refractivity contribution in [2.24, 2.45) is 11.7 Å². The average Bonchev–Trinajstić information content (AvgIpc) is 2.42. The molecule has 1 aromatic rings. The minimum absolute atomic E-state index is 0.0675. The van der Waals surface area contributed by atoms with Gasteiger partial charge in [0.15, 0.2) is 0 Å². The fraction of sp³-hybridized carbons (Fsp3) is 0.571. The zero-order valence-electron chi connectivity index (χ0n) is 11.3. The number of rotatable bonds is 4. The summed E-state index contributed by atoms with van der Waals surface area (Å²) < 4.78 is 5.26. The lowest BCUT2D eigenvalue weighted by Gasteiger charge is -2.25. The van der Waals surface area contributed by atoms with Gasteiger partial charge in [-0.15, -0.1) is 0 Å². The van der Waals surface area contributed by atoms with Gasteiger partial charge in [-0.2, -0.15) is 0 Å². The summed E-state index contributed by atoms with van der Waals surface area (Å²) in [7, 11) is 0. The van der Waals surface area contributed by atoms with Crippen molar-refractivity contribution in [3.05, 3.63) is 18.3 Å². The largest absolute Gasteiger partial charge is 0.478 e. The van der Waals surface area contributed by atoms with E-state index in [2.05, 4.69) is 10.3 Å². The van der Waals surface area contributed by atoms with Crippen LogP contribution < -0.4 is 15.8 Å². The molecule has 0 unspecified atom stereocenters. The van der Waals surface area contributed by atoms with E-state index < -0.39 is 0 Å². The molecule has 1 aliphatic carbocycles. The van der Waals surface area contributed by atoms with E-state index in [0.717, 1.165) is 25.7 Å². The number of amides is 1. The van der Waals surface area contributed by atoms with E-state index in [0.29, 0.717) is 18.2 Å². The summed E-state index contributed by atoms with van der Waals surface area (Å²) in [5.41, 5.74) is 6.55. The van der Waals surface area contributed by atoms with E-state index in [1.165, 1.54) is 0 Å². The molecule has 0 aromatic carbocycles. The third-order valence-electron chi connectivity index (χ3n) is 3.44. The topological polar surface area (TPSA) is 77.2 Å². The lowest BCUT2D eigenvalue weighted by atomic mass is 9.86. The second-order valence-corrected chi connectivity index (χ2v) is 4.92. The Morgan fingerprint density at radius 3 is 2.74 bits per heavy atom. The van der Waals surface area contributed by atoms with E-state index in [1.807, 2.05) is 13.0 Å². The van der Waals surface area contributed by atoms with Crippen molar-refractivity contribution in [3.8, 4) is 5.88 Å². The maximum Gasteiger partial charge on any atom is 0.227 e. The van der Waals surface area contributed by atoms with Crippen molar-refractivity contribution in [3.63, 3.8) is 0 Å². The molecule has 1 heterocycles. The van der Waals surface area contributed by atoms with Gasteiger partial charge in [0.2, 0.25) is 11.8 Å². The van der Waals surface area contributed by atoms with Gasteiger partial charge in [-0.1, -0.05) is 0 Å². The maximum absolute atomic E-state index is 12.1. The van der Waals surface area contributed by atoms with Crippen LogP contribution in [0.1, 0.15) is 32.6 Å². The van der Waals surface area contributed by atoms with Gasteiger partial charge in [-0.25, -0.2) is 4.98 Å². The van der Waals surface area contributed by atoms with Crippen LogP contribution in [0.4, 0.5) is 5.69 Å². The molecule has 104 valence electrons. The molecule has 0 atom stereocenters. The fourth-order valence-electron chi connectivity index (χ4n) is 2.31. The standard InChI is InChI=1S/C14H21N3O2/c1-2-19-13-8-7-12(9-16-13)17-14(18)10-3-5-11(15)6-4-10/h7-11H,2-6,15H2,1H3,(H,17,18). The van der Waals surface area contributed by atoms with Crippen LogP contribution in [0.15, 0.2) is 18.3 Å². The molecule has 5 heteroatoms. The number of nitrogens with two attached hydrogens (primary N) is 1. The fourth-order valence-corrected chi connectivity index (χ4v) is 2.31. The molecule has 2 rings (SSSR count). The Labute approximate surface area is 113 Å². The van der Waals surface area contributed by atoms with E-state index in [9.17, 15) is 4.79 Å². The molecule has 0 radical (unpaired) electrons. The first-order valence-electron chi connectivity index (χ1n) is 6.84. The summed E-state index contributed by atoms with van der Waals surface area (Å²) in [6, 6.07) is 3.83. The molecule has 1 saturated carbocycles. The molecule has 19 heavy (non-hydrogen) atoms. The van der Waals surface area contributed by atoms with Crippen LogP contribution in [0.3, 0.4) is 0 Å². The van der Waals surface area contributed by atoms with Gasteiger partial charge in [0.1, 0.15) is 0 Å². The first-order chi connectivity index (χ1) is 9.19. The van der Waals surface area contributed by atoms with Crippen molar-refractivity contribution in [1.29, 1.82) is 0 Å². The molecule has 3 N–H and O–H groups in total. The van der Waals surface area contributed by atoms with Crippen LogP contribution in [0.5, 0.6) is 5.88 Å². The highest BCUT2D eigenvalue weighted by molar-refractivity contribution is 5.92. The second-order valence-electron chi connectivity index (χ2n) is 4.92. The van der Waals surface area contributed by atoms with Crippen molar-refractivity contribution < 1.29 is 9.53 Å². The monoisotopic (exact) mass is 263 g/mol. The Bertz CT molecular complexity index is 411. The van der Waals surface area contributed by atoms with Crippen molar-refractivity contribution in [2.75, 3.05) is 11.9 Å². The molecular formula is C14H21N3O2. The summed E-state index contributed by atoms with van der Waals surface area (Å²) in [5, 5.41) is 2.90. The van der Waals surface area contributed by atoms with Gasteiger partial charge in [-0.05, 0) is 38.7 Å². The van der Waals surface area contributed by atoms with Gasteiger partial charge >= 0.3 is 0 Å². The highest BCUT2D eigenvalue weighted by atomic mass is 16.5. The number of hydrogen-bond acceptors (Lipinski definition) is 4. The Kier molecular flexibility index (Phi) is 4.74. The predicted molar refractivity (Wildman–Crippen MR) is 74.0 cm³/mol. The molecule has 5 nitrogen and oxygen atoms in total. The normalized spacial score (nSPS) is 22.8. The third kappa shape index (κ3) is 3.92. The van der Waals surface area contributed by atoms with Crippen molar-refractivity contribution in [1.82, 2.24) is 4.98 Å². The summed E-state index contributed by atoms with van der Waals surface area (Å²) in [6.45, 7) is 2.49. The predicted octanol–water partition coefficient (Wildman–Crippen LogP) is 1.94. The zero-order chi connectivity index (χ0) is 13.7. The molecule has 0 bridgehead atoms. The Balaban J connectivity index is 1.88. The van der Waals surface area contributed by atoms with Crippen LogP contribution in [-0.2, 0) is 4.79 Å². The first-order valence-corrected chi connectivity index (χ1v) is 6.84. The quantitative estimate of drug-likeness (QED) is 0.870. The minimum atomic E-state index is 0.0675.